The highest BCUT2D eigenvalue weighted by molar-refractivity contribution is 5.89. The summed E-state index contributed by atoms with van der Waals surface area (Å²) in [5, 5.41) is 14.7. The van der Waals surface area contributed by atoms with Crippen LogP contribution in [-0.2, 0) is 14.3 Å². The average molecular weight is 479 g/mol. The molecule has 0 spiro atoms. The predicted molar refractivity (Wildman–Crippen MR) is 133 cm³/mol. The summed E-state index contributed by atoms with van der Waals surface area (Å²) in [7, 11) is 0. The minimum absolute atomic E-state index is 0.0738. The molecule has 3 N–H and O–H groups in total. The average Bonchev–Trinajstić information content (AvgIpc) is 3.19. The Bertz CT molecular complexity index is 1020. The van der Waals surface area contributed by atoms with Gasteiger partial charge in [-0.05, 0) is 41.0 Å². The second kappa shape index (κ2) is 11.4. The Kier molecular flexibility index (Phi) is 8.06. The van der Waals surface area contributed by atoms with Crippen LogP contribution in [0.4, 0.5) is 4.79 Å². The maximum Gasteiger partial charge on any atom is 0.407 e. The Morgan fingerprint density at radius 2 is 1.51 bits per heavy atom. The van der Waals surface area contributed by atoms with Crippen molar-refractivity contribution in [3.63, 3.8) is 0 Å². The van der Waals surface area contributed by atoms with Crippen molar-refractivity contribution in [1.82, 2.24) is 10.6 Å². The van der Waals surface area contributed by atoms with Gasteiger partial charge in [0.25, 0.3) is 0 Å². The molecule has 0 heterocycles. The topological polar surface area (TPSA) is 105 Å². The van der Waals surface area contributed by atoms with Gasteiger partial charge in [-0.2, -0.15) is 0 Å². The van der Waals surface area contributed by atoms with Crippen LogP contribution in [0.1, 0.15) is 68.9 Å². The van der Waals surface area contributed by atoms with E-state index in [1.807, 2.05) is 24.3 Å². The van der Waals surface area contributed by atoms with E-state index in [9.17, 15) is 19.5 Å². The van der Waals surface area contributed by atoms with Crippen LogP contribution in [0.2, 0.25) is 0 Å². The number of alkyl carbamates (subject to hydrolysis) is 1. The van der Waals surface area contributed by atoms with Crippen LogP contribution in [0, 0.1) is 5.92 Å². The van der Waals surface area contributed by atoms with Crippen molar-refractivity contribution in [3.8, 4) is 11.1 Å². The zero-order valence-corrected chi connectivity index (χ0v) is 20.2. The van der Waals surface area contributed by atoms with Crippen LogP contribution >= 0.6 is 0 Å². The monoisotopic (exact) mass is 478 g/mol. The maximum atomic E-state index is 13.0. The number of carbonyl (C=O) groups excluding carboxylic acids is 2. The molecule has 0 bridgehead atoms. The Hall–Kier alpha value is -3.35. The first kappa shape index (κ1) is 24.8. The summed E-state index contributed by atoms with van der Waals surface area (Å²) in [4.78, 5) is 37.2. The first-order chi connectivity index (χ1) is 17.0. The number of aliphatic carboxylic acids is 1. The number of fused-ring (bicyclic) bond motifs is 3. The lowest BCUT2D eigenvalue weighted by atomic mass is 9.84. The maximum absolute atomic E-state index is 13.0. The fourth-order valence-corrected chi connectivity index (χ4v) is 5.38. The van der Waals surface area contributed by atoms with E-state index in [2.05, 4.69) is 34.9 Å². The van der Waals surface area contributed by atoms with Crippen LogP contribution in [0.3, 0.4) is 0 Å². The zero-order valence-electron chi connectivity index (χ0n) is 20.2. The quantitative estimate of drug-likeness (QED) is 0.478. The van der Waals surface area contributed by atoms with E-state index in [0.717, 1.165) is 47.9 Å². The molecular formula is C28H34N2O5. The van der Waals surface area contributed by atoms with Gasteiger partial charge in [-0.3, -0.25) is 4.79 Å². The van der Waals surface area contributed by atoms with Gasteiger partial charge >= 0.3 is 12.1 Å². The second-order valence-corrected chi connectivity index (χ2v) is 9.57. The molecule has 1 saturated carbocycles. The van der Waals surface area contributed by atoms with Crippen LogP contribution in [0.25, 0.3) is 11.1 Å². The van der Waals surface area contributed by atoms with Gasteiger partial charge in [-0.15, -0.1) is 0 Å². The highest BCUT2D eigenvalue weighted by Crippen LogP contribution is 2.44. The van der Waals surface area contributed by atoms with E-state index in [0.29, 0.717) is 12.3 Å². The van der Waals surface area contributed by atoms with E-state index in [-0.39, 0.29) is 18.9 Å². The van der Waals surface area contributed by atoms with Crippen molar-refractivity contribution in [1.29, 1.82) is 0 Å². The van der Waals surface area contributed by atoms with Gasteiger partial charge in [0.15, 0.2) is 0 Å². The van der Waals surface area contributed by atoms with Crippen LogP contribution in [0.15, 0.2) is 48.5 Å². The summed E-state index contributed by atoms with van der Waals surface area (Å²) in [6.07, 6.45) is 5.50. The third-order valence-electron chi connectivity index (χ3n) is 7.27. The Morgan fingerprint density at radius 3 is 2.09 bits per heavy atom. The number of benzene rings is 2. The molecule has 1 unspecified atom stereocenters. The van der Waals surface area contributed by atoms with E-state index < -0.39 is 30.1 Å². The molecule has 7 heteroatoms. The van der Waals surface area contributed by atoms with E-state index in [4.69, 9.17) is 4.74 Å². The number of nitrogens with one attached hydrogen (secondary N) is 2. The Labute approximate surface area is 206 Å². The SMILES string of the molecule is CC[C@@H](NC(=O)C(CC1CCCCC1)NC(=O)OCC1c2ccccc2-c2ccccc21)C(=O)O. The molecule has 0 saturated heterocycles. The lowest BCUT2D eigenvalue weighted by Gasteiger charge is -2.27. The normalized spacial score (nSPS) is 17.1. The number of ether oxygens (including phenoxy) is 1. The number of hydrogen-bond donors (Lipinski definition) is 3. The van der Waals surface area contributed by atoms with Crippen molar-refractivity contribution < 1.29 is 24.2 Å². The van der Waals surface area contributed by atoms with Gasteiger partial charge in [-0.25, -0.2) is 9.59 Å². The third kappa shape index (κ3) is 5.84. The highest BCUT2D eigenvalue weighted by atomic mass is 16.5. The van der Waals surface area contributed by atoms with Crippen LogP contribution < -0.4 is 10.6 Å². The molecule has 35 heavy (non-hydrogen) atoms. The molecular weight excluding hydrogens is 444 g/mol. The number of amides is 2. The van der Waals surface area contributed by atoms with Gasteiger partial charge in [0, 0.05) is 5.92 Å². The third-order valence-corrected chi connectivity index (χ3v) is 7.27. The molecule has 2 amide bonds. The van der Waals surface area contributed by atoms with Crippen LogP contribution in [-0.4, -0.2) is 41.8 Å². The van der Waals surface area contributed by atoms with Crippen molar-refractivity contribution in [2.75, 3.05) is 6.61 Å². The fraction of sp³-hybridized carbons (Fsp3) is 0.464. The van der Waals surface area contributed by atoms with Crippen molar-refractivity contribution >= 4 is 18.0 Å². The summed E-state index contributed by atoms with van der Waals surface area (Å²) in [6.45, 7) is 1.86. The zero-order chi connectivity index (χ0) is 24.8. The minimum atomic E-state index is -1.08. The molecule has 0 aliphatic heterocycles. The smallest absolute Gasteiger partial charge is 0.407 e. The molecule has 2 aliphatic rings. The molecule has 2 atom stereocenters. The number of carboxylic acid groups (broad SMARTS) is 1. The van der Waals surface area contributed by atoms with Gasteiger partial charge in [0.1, 0.15) is 18.7 Å². The molecule has 2 aromatic carbocycles. The Balaban J connectivity index is 1.43. The number of carbonyl (C=O) groups is 3. The summed E-state index contributed by atoms with van der Waals surface area (Å²) in [5.74, 6) is -1.31. The van der Waals surface area contributed by atoms with Gasteiger partial charge < -0.3 is 20.5 Å². The van der Waals surface area contributed by atoms with Crippen LogP contribution in [0.5, 0.6) is 0 Å². The summed E-state index contributed by atoms with van der Waals surface area (Å²) in [5.41, 5.74) is 4.52. The summed E-state index contributed by atoms with van der Waals surface area (Å²) < 4.78 is 5.64. The lowest BCUT2D eigenvalue weighted by molar-refractivity contribution is -0.142. The molecule has 0 radical (unpaired) electrons. The molecule has 186 valence electrons. The molecule has 2 aliphatic carbocycles. The molecule has 0 aromatic heterocycles. The molecule has 7 nitrogen and oxygen atoms in total. The number of rotatable bonds is 9. The van der Waals surface area contributed by atoms with E-state index >= 15 is 0 Å². The molecule has 4 rings (SSSR count). The Morgan fingerprint density at radius 1 is 0.914 bits per heavy atom. The molecule has 2 aromatic rings. The predicted octanol–water partition coefficient (Wildman–Crippen LogP) is 4.84. The van der Waals surface area contributed by atoms with E-state index in [1.54, 1.807) is 6.92 Å². The van der Waals surface area contributed by atoms with Crippen molar-refractivity contribution in [2.24, 2.45) is 5.92 Å². The standard InChI is InChI=1S/C28H34N2O5/c1-2-24(27(32)33)29-26(31)25(16-18-10-4-3-5-11-18)30-28(34)35-17-23-21-14-8-6-12-19(21)20-13-7-9-15-22(20)23/h6-9,12-15,18,23-25H,2-5,10-11,16-17H2,1H3,(H,29,31)(H,30,34)(H,32,33)/t24-,25?/m1/s1. The van der Waals surface area contributed by atoms with Gasteiger partial charge in [0.05, 0.1) is 0 Å². The summed E-state index contributed by atoms with van der Waals surface area (Å²) >= 11 is 0. The highest BCUT2D eigenvalue weighted by Gasteiger charge is 2.31. The fourth-order valence-electron chi connectivity index (χ4n) is 5.38. The van der Waals surface area contributed by atoms with E-state index in [1.165, 1.54) is 6.42 Å². The second-order valence-electron chi connectivity index (χ2n) is 9.57. The number of carboxylic acids is 1. The van der Waals surface area contributed by atoms with Crippen molar-refractivity contribution in [3.05, 3.63) is 59.7 Å². The largest absolute Gasteiger partial charge is 0.480 e. The minimum Gasteiger partial charge on any atom is -0.480 e. The molecule has 1 fully saturated rings. The van der Waals surface area contributed by atoms with Gasteiger partial charge in [0.2, 0.25) is 5.91 Å². The van der Waals surface area contributed by atoms with Crippen molar-refractivity contribution in [2.45, 2.75) is 69.9 Å². The first-order valence-corrected chi connectivity index (χ1v) is 12.6. The van der Waals surface area contributed by atoms with Gasteiger partial charge in [-0.1, -0.05) is 87.6 Å². The number of hydrogen-bond acceptors (Lipinski definition) is 4. The lowest BCUT2D eigenvalue weighted by Crippen LogP contribution is -2.52. The first-order valence-electron chi connectivity index (χ1n) is 12.6. The summed E-state index contributed by atoms with van der Waals surface area (Å²) in [6, 6.07) is 14.4.